The number of hydrogen-bond acceptors (Lipinski definition) is 0. The molecule has 0 bridgehead atoms. The first-order chi connectivity index (χ1) is 2.00. The van der Waals surface area contributed by atoms with E-state index in [-0.39, 0.29) is 9.41 Å². The Hall–Kier alpha value is -0.460. The van der Waals surface area contributed by atoms with Crippen molar-refractivity contribution in [3.05, 3.63) is 0 Å². The lowest BCUT2D eigenvalue weighted by atomic mass is 13.3. The van der Waals surface area contributed by atoms with Crippen LogP contribution >= 0.6 is 0 Å². The molecule has 0 aromatic heterocycles. The van der Waals surface area contributed by atoms with Gasteiger partial charge >= 0.3 is 5.37 Å². The van der Waals surface area contributed by atoms with Crippen molar-refractivity contribution in [3.63, 3.8) is 0 Å². The highest BCUT2D eigenvalue weighted by atomic mass is 19.7. The van der Waals surface area contributed by atoms with Gasteiger partial charge in [-0.2, -0.15) is 0 Å². The van der Waals surface area contributed by atoms with E-state index in [9.17, 15) is 17.9 Å². The maximum Gasteiger partial charge on any atom is 0.440 e. The van der Waals surface area contributed by atoms with Gasteiger partial charge in [0.2, 0.25) is 0 Å². The Morgan fingerprint density at radius 2 is 0.857 bits per heavy atom. The van der Waals surface area contributed by atoms with Crippen LogP contribution < -0.4 is 4.70 Å². The van der Waals surface area contributed by atoms with Gasteiger partial charge in [-0.25, -0.2) is 0 Å². The number of rotatable bonds is 0. The lowest BCUT2D eigenvalue weighted by Crippen LogP contribution is -3.00. The Bertz CT molecular complexity index is 19.7. The summed E-state index contributed by atoms with van der Waals surface area (Å²) >= 11 is 0. The summed E-state index contributed by atoms with van der Waals surface area (Å²) in [6, 6.07) is 0. The molecule has 0 aromatic rings. The molecule has 0 N–H and O–H groups in total. The largest absolute Gasteiger partial charge is 1.00 e. The monoisotopic (exact) mass is 129 g/mol. The zero-order valence-corrected chi connectivity index (χ0v) is 2.75. The third-order valence-corrected chi connectivity index (χ3v) is 0. The second kappa shape index (κ2) is 3.72. The minimum Gasteiger partial charge on any atom is -1.00 e. The van der Waals surface area contributed by atoms with Crippen molar-refractivity contribution in [2.75, 3.05) is 0 Å². The Labute approximate surface area is 34.2 Å². The lowest BCUT2D eigenvalue weighted by molar-refractivity contribution is -1.36. The molecule has 0 heterocycles. The highest BCUT2D eigenvalue weighted by molar-refractivity contribution is 2.73. The summed E-state index contributed by atoms with van der Waals surface area (Å²) in [5, 5.41) is -5.00. The van der Waals surface area contributed by atoms with Crippen LogP contribution in [0.3, 0.4) is 0 Å². The maximum atomic E-state index is 9.62. The quantitative estimate of drug-likeness (QED) is 0.276. The average Bonchev–Trinajstić information content (AvgIpc) is 0.722. The van der Waals surface area contributed by atoms with Gasteiger partial charge in [-0.15, -0.1) is 0 Å². The highest BCUT2D eigenvalue weighted by Gasteiger charge is 2.30. The van der Waals surface area contributed by atoms with E-state index in [1.165, 1.54) is 0 Å². The summed E-state index contributed by atoms with van der Waals surface area (Å²) in [5.41, 5.74) is 0. The average molecular weight is 129 g/mol. The molecule has 0 rings (SSSR count). The highest BCUT2D eigenvalue weighted by Crippen LogP contribution is 2.08. The van der Waals surface area contributed by atoms with Gasteiger partial charge in [0.05, 0.1) is 0 Å². The summed E-state index contributed by atoms with van der Waals surface area (Å²) in [4.78, 5) is 0. The first kappa shape index (κ1) is 16.0. The standard InChI is InChI=1S/F4N.2FH/c1-5(2,3)4;;/h;2*1H/q+1;;/p-1. The molecular formula is HF6N. The minimum atomic E-state index is -5.00. The number of hydrogen-bond donors (Lipinski definition) is 0. The third kappa shape index (κ3) is 328. The first-order valence-corrected chi connectivity index (χ1v) is 0.676. The molecule has 1 nitrogen and oxygen atoms in total. The van der Waals surface area contributed by atoms with Crippen molar-refractivity contribution >= 4 is 0 Å². The number of halogens is 6. The van der Waals surface area contributed by atoms with E-state index in [0.717, 1.165) is 0 Å². The van der Waals surface area contributed by atoms with Crippen LogP contribution in [0, 0.1) is 0 Å². The predicted molar refractivity (Wildman–Crippen MR) is 7.20 cm³/mol. The number of quaternary nitrogens is 1. The first-order valence-electron chi connectivity index (χ1n) is 0.676. The lowest BCUT2D eigenvalue weighted by Gasteiger charge is -1.71. The molecule has 0 aliphatic heterocycles. The van der Waals surface area contributed by atoms with E-state index in [4.69, 9.17) is 0 Å². The van der Waals surface area contributed by atoms with E-state index in [0.29, 0.717) is 0 Å². The van der Waals surface area contributed by atoms with Gasteiger partial charge in [0.15, 0.2) is 0 Å². The summed E-state index contributed by atoms with van der Waals surface area (Å²) in [7, 11) is 0. The maximum absolute atomic E-state index is 9.62. The van der Waals surface area contributed by atoms with Gasteiger partial charge in [-0.05, 0) is 0 Å². The topological polar surface area (TPSA) is 0 Å². The Kier molecular flexibility index (Phi) is 8.51. The minimum absolute atomic E-state index is 0. The zero-order chi connectivity index (χ0) is 4.50. The van der Waals surface area contributed by atoms with Crippen LogP contribution in [0.5, 0.6) is 0 Å². The molecule has 0 saturated heterocycles. The van der Waals surface area contributed by atoms with Crippen LogP contribution in [-0.4, -0.2) is 5.37 Å². The van der Waals surface area contributed by atoms with Gasteiger partial charge in [0, 0.05) is 0 Å². The van der Waals surface area contributed by atoms with Crippen molar-refractivity contribution in [1.82, 2.24) is 0 Å². The Morgan fingerprint density at radius 3 is 0.857 bits per heavy atom. The van der Waals surface area contributed by atoms with Gasteiger partial charge in [-0.3, -0.25) is 4.70 Å². The molecule has 0 aliphatic carbocycles. The fourth-order valence-corrected chi connectivity index (χ4v) is 0. The summed E-state index contributed by atoms with van der Waals surface area (Å²) in [5.74, 6) is 0. The Balaban J connectivity index is -0.0000000800. The van der Waals surface area contributed by atoms with Gasteiger partial charge < -0.3 is 4.70 Å². The predicted octanol–water partition coefficient (Wildman–Crippen LogP) is -1.50. The fourth-order valence-electron chi connectivity index (χ4n) is 0. The molecule has 0 amide bonds. The summed E-state index contributed by atoms with van der Waals surface area (Å²) < 4.78 is 38.5. The molecule has 7 heteroatoms. The van der Waals surface area contributed by atoms with Crippen molar-refractivity contribution in [2.24, 2.45) is 0 Å². The van der Waals surface area contributed by atoms with E-state index < -0.39 is 5.37 Å². The van der Waals surface area contributed by atoms with Gasteiger partial charge in [0.1, 0.15) is 17.9 Å². The molecule has 7 heavy (non-hydrogen) atoms. The van der Waals surface area contributed by atoms with Crippen molar-refractivity contribution in [3.8, 4) is 0 Å². The van der Waals surface area contributed by atoms with Crippen LogP contribution in [0.15, 0.2) is 0 Å². The molecule has 0 saturated carbocycles. The van der Waals surface area contributed by atoms with Gasteiger partial charge in [0.25, 0.3) is 0 Å². The van der Waals surface area contributed by atoms with E-state index >= 15 is 0 Å². The normalized spacial score (nSPS) is 8.57. The SMILES string of the molecule is F.F[N+](F)(F)F.[F-]. The van der Waals surface area contributed by atoms with E-state index in [1.54, 1.807) is 0 Å². The van der Waals surface area contributed by atoms with Crippen LogP contribution in [0.25, 0.3) is 0 Å². The molecule has 0 aliphatic rings. The molecular weight excluding hydrogens is 128 g/mol. The van der Waals surface area contributed by atoms with E-state index in [1.807, 2.05) is 0 Å². The second-order valence-corrected chi connectivity index (χ2v) is 0.383. The zero-order valence-electron chi connectivity index (χ0n) is 2.75. The molecule has 0 aromatic carbocycles. The van der Waals surface area contributed by atoms with Crippen molar-refractivity contribution in [1.29, 1.82) is 0 Å². The summed E-state index contributed by atoms with van der Waals surface area (Å²) in [6.07, 6.45) is 0. The molecule has 0 spiro atoms. The molecule has 0 radical (unpaired) electrons. The number of nitrogens with zero attached hydrogens (tertiary/aromatic N) is 1. The molecule has 0 unspecified atom stereocenters. The molecule has 48 valence electrons. The van der Waals surface area contributed by atoms with Crippen LogP contribution in [0.4, 0.5) is 22.6 Å². The smallest absolute Gasteiger partial charge is 0.440 e. The second-order valence-electron chi connectivity index (χ2n) is 0.383. The fraction of sp³-hybridized carbons (Fsp3) is 0. The van der Waals surface area contributed by atoms with Crippen LogP contribution in [0.1, 0.15) is 0 Å². The van der Waals surface area contributed by atoms with Crippen molar-refractivity contribution < 1.29 is 32.7 Å². The Morgan fingerprint density at radius 1 is 0.857 bits per heavy atom. The van der Waals surface area contributed by atoms with Gasteiger partial charge in [-0.1, -0.05) is 0 Å². The summed E-state index contributed by atoms with van der Waals surface area (Å²) in [6.45, 7) is 0. The third-order valence-electron chi connectivity index (χ3n) is 0. The molecule has 0 fully saturated rings. The van der Waals surface area contributed by atoms with Crippen molar-refractivity contribution in [2.45, 2.75) is 0 Å². The van der Waals surface area contributed by atoms with Crippen LogP contribution in [-0.2, 0) is 0 Å². The van der Waals surface area contributed by atoms with Crippen LogP contribution in [0.2, 0.25) is 0 Å². The van der Waals surface area contributed by atoms with E-state index in [2.05, 4.69) is 0 Å². The molecule has 0 atom stereocenters.